The van der Waals surface area contributed by atoms with Crippen LogP contribution in [0, 0.1) is 0 Å². The summed E-state index contributed by atoms with van der Waals surface area (Å²) in [5.74, 6) is 0. The molecule has 2 nitrogen and oxygen atoms in total. The summed E-state index contributed by atoms with van der Waals surface area (Å²) in [5, 5.41) is 0.0479. The van der Waals surface area contributed by atoms with Crippen LogP contribution in [0.1, 0.15) is 17.9 Å². The van der Waals surface area contributed by atoms with Crippen molar-refractivity contribution in [2.24, 2.45) is 0 Å². The number of fused-ring (bicyclic) bond motifs is 1. The molecule has 0 aliphatic rings. The Bertz CT molecular complexity index is 392. The number of aromatic nitrogens is 2. The van der Waals surface area contributed by atoms with Crippen molar-refractivity contribution < 1.29 is 0 Å². The zero-order valence-electron chi connectivity index (χ0n) is 6.74. The topological polar surface area (TPSA) is 17.3 Å². The van der Waals surface area contributed by atoms with Crippen LogP contribution in [0.2, 0.25) is 0 Å². The molecule has 0 aliphatic heterocycles. The van der Waals surface area contributed by atoms with Gasteiger partial charge in [0, 0.05) is 18.6 Å². The summed E-state index contributed by atoms with van der Waals surface area (Å²) in [7, 11) is 0. The quantitative estimate of drug-likeness (QED) is 0.617. The number of rotatable bonds is 1. The van der Waals surface area contributed by atoms with E-state index in [2.05, 4.69) is 4.98 Å². The minimum Gasteiger partial charge on any atom is -0.307 e. The molecule has 0 bridgehead atoms. The van der Waals surface area contributed by atoms with E-state index in [9.17, 15) is 0 Å². The summed E-state index contributed by atoms with van der Waals surface area (Å²) in [6.45, 7) is 1.95. The average Bonchev–Trinajstić information content (AvgIpc) is 2.49. The first kappa shape index (κ1) is 7.62. The van der Waals surface area contributed by atoms with E-state index >= 15 is 0 Å². The molecule has 0 radical (unpaired) electrons. The van der Waals surface area contributed by atoms with E-state index in [1.807, 2.05) is 35.9 Å². The fourth-order valence-corrected chi connectivity index (χ4v) is 1.31. The van der Waals surface area contributed by atoms with Crippen molar-refractivity contribution in [3.8, 4) is 0 Å². The second-order valence-corrected chi connectivity index (χ2v) is 3.42. The standard InChI is InChI=1S/C9H9ClN2/c1-7(10)8-2-4-12-5-3-11-9(12)6-8/h2-7H,1H3. The van der Waals surface area contributed by atoms with E-state index < -0.39 is 0 Å². The lowest BCUT2D eigenvalue weighted by Gasteiger charge is -2.02. The lowest BCUT2D eigenvalue weighted by Crippen LogP contribution is -1.88. The lowest BCUT2D eigenvalue weighted by atomic mass is 10.2. The van der Waals surface area contributed by atoms with Crippen molar-refractivity contribution in [2.75, 3.05) is 0 Å². The van der Waals surface area contributed by atoms with Crippen LogP contribution in [-0.2, 0) is 0 Å². The maximum Gasteiger partial charge on any atom is 0.136 e. The van der Waals surface area contributed by atoms with Gasteiger partial charge in [-0.1, -0.05) is 0 Å². The molecule has 0 N–H and O–H groups in total. The van der Waals surface area contributed by atoms with Gasteiger partial charge in [0.2, 0.25) is 0 Å². The number of halogens is 1. The molecule has 0 amide bonds. The molecule has 62 valence electrons. The highest BCUT2D eigenvalue weighted by atomic mass is 35.5. The van der Waals surface area contributed by atoms with Crippen molar-refractivity contribution in [2.45, 2.75) is 12.3 Å². The molecule has 2 aromatic rings. The Morgan fingerprint density at radius 1 is 1.50 bits per heavy atom. The molecular weight excluding hydrogens is 172 g/mol. The Balaban J connectivity index is 2.60. The summed E-state index contributed by atoms with van der Waals surface area (Å²) < 4.78 is 1.96. The average molecular weight is 181 g/mol. The van der Waals surface area contributed by atoms with Gasteiger partial charge >= 0.3 is 0 Å². The molecule has 2 aromatic heterocycles. The predicted octanol–water partition coefficient (Wildman–Crippen LogP) is 2.63. The molecular formula is C9H9ClN2. The Labute approximate surface area is 75.8 Å². The third-order valence-electron chi connectivity index (χ3n) is 1.88. The fourth-order valence-electron chi connectivity index (χ4n) is 1.17. The Morgan fingerprint density at radius 3 is 3.08 bits per heavy atom. The van der Waals surface area contributed by atoms with Crippen LogP contribution in [0.3, 0.4) is 0 Å². The lowest BCUT2D eigenvalue weighted by molar-refractivity contribution is 1.06. The maximum atomic E-state index is 5.93. The number of alkyl halides is 1. The highest BCUT2D eigenvalue weighted by Crippen LogP contribution is 2.19. The molecule has 0 spiro atoms. The molecule has 12 heavy (non-hydrogen) atoms. The van der Waals surface area contributed by atoms with Crippen molar-refractivity contribution in [1.82, 2.24) is 9.38 Å². The van der Waals surface area contributed by atoms with Crippen molar-refractivity contribution in [1.29, 1.82) is 0 Å². The SMILES string of the molecule is CC(Cl)c1ccn2ccnc2c1. The van der Waals surface area contributed by atoms with Crippen LogP contribution in [0.5, 0.6) is 0 Å². The van der Waals surface area contributed by atoms with E-state index in [-0.39, 0.29) is 5.38 Å². The van der Waals surface area contributed by atoms with Gasteiger partial charge in [0.05, 0.1) is 5.38 Å². The summed E-state index contributed by atoms with van der Waals surface area (Å²) in [4.78, 5) is 4.17. The molecule has 0 aromatic carbocycles. The number of nitrogens with zero attached hydrogens (tertiary/aromatic N) is 2. The molecule has 0 saturated carbocycles. The number of hydrogen-bond acceptors (Lipinski definition) is 1. The Morgan fingerprint density at radius 2 is 2.33 bits per heavy atom. The van der Waals surface area contributed by atoms with E-state index in [1.54, 1.807) is 6.20 Å². The second-order valence-electron chi connectivity index (χ2n) is 2.77. The van der Waals surface area contributed by atoms with Gasteiger partial charge < -0.3 is 4.40 Å². The van der Waals surface area contributed by atoms with Crippen molar-refractivity contribution in [3.05, 3.63) is 36.3 Å². The molecule has 2 heterocycles. The first-order valence-corrected chi connectivity index (χ1v) is 4.28. The van der Waals surface area contributed by atoms with Crippen molar-refractivity contribution in [3.63, 3.8) is 0 Å². The van der Waals surface area contributed by atoms with Crippen LogP contribution in [0.4, 0.5) is 0 Å². The Hall–Kier alpha value is -1.02. The van der Waals surface area contributed by atoms with Gasteiger partial charge in [-0.25, -0.2) is 4.98 Å². The summed E-state index contributed by atoms with van der Waals surface area (Å²) >= 11 is 5.93. The third kappa shape index (κ3) is 1.18. The smallest absolute Gasteiger partial charge is 0.136 e. The van der Waals surface area contributed by atoms with Crippen molar-refractivity contribution >= 4 is 17.2 Å². The van der Waals surface area contributed by atoms with Gasteiger partial charge in [-0.15, -0.1) is 11.6 Å². The third-order valence-corrected chi connectivity index (χ3v) is 2.13. The maximum absolute atomic E-state index is 5.93. The second kappa shape index (κ2) is 2.79. The summed E-state index contributed by atoms with van der Waals surface area (Å²) in [6.07, 6.45) is 5.66. The molecule has 0 fully saturated rings. The first-order chi connectivity index (χ1) is 5.77. The zero-order chi connectivity index (χ0) is 8.55. The van der Waals surface area contributed by atoms with Gasteiger partial charge in [-0.2, -0.15) is 0 Å². The molecule has 1 atom stereocenters. The number of hydrogen-bond donors (Lipinski definition) is 0. The summed E-state index contributed by atoms with van der Waals surface area (Å²) in [6, 6.07) is 4.00. The molecule has 1 unspecified atom stereocenters. The monoisotopic (exact) mass is 180 g/mol. The van der Waals surface area contributed by atoms with Crippen LogP contribution in [-0.4, -0.2) is 9.38 Å². The first-order valence-electron chi connectivity index (χ1n) is 3.84. The molecule has 0 aliphatic carbocycles. The van der Waals surface area contributed by atoms with Gasteiger partial charge in [0.1, 0.15) is 5.65 Å². The normalized spacial score (nSPS) is 13.5. The van der Waals surface area contributed by atoms with Crippen LogP contribution in [0.15, 0.2) is 30.7 Å². The largest absolute Gasteiger partial charge is 0.307 e. The minimum absolute atomic E-state index is 0.0479. The Kier molecular flexibility index (Phi) is 1.77. The number of imidazole rings is 1. The van der Waals surface area contributed by atoms with Crippen LogP contribution < -0.4 is 0 Å². The van der Waals surface area contributed by atoms with Gasteiger partial charge in [0.15, 0.2) is 0 Å². The molecule has 3 heteroatoms. The number of pyridine rings is 1. The van der Waals surface area contributed by atoms with Gasteiger partial charge in [0.25, 0.3) is 0 Å². The molecule has 2 rings (SSSR count). The van der Waals surface area contributed by atoms with E-state index in [4.69, 9.17) is 11.6 Å². The van der Waals surface area contributed by atoms with Crippen LogP contribution >= 0.6 is 11.6 Å². The van der Waals surface area contributed by atoms with Crippen LogP contribution in [0.25, 0.3) is 5.65 Å². The molecule has 0 saturated heterocycles. The summed E-state index contributed by atoms with van der Waals surface area (Å²) in [5.41, 5.74) is 2.05. The predicted molar refractivity (Wildman–Crippen MR) is 49.5 cm³/mol. The van der Waals surface area contributed by atoms with Gasteiger partial charge in [-0.3, -0.25) is 0 Å². The minimum atomic E-state index is 0.0479. The highest BCUT2D eigenvalue weighted by molar-refractivity contribution is 6.20. The van der Waals surface area contributed by atoms with E-state index in [0.29, 0.717) is 0 Å². The fraction of sp³-hybridized carbons (Fsp3) is 0.222. The zero-order valence-corrected chi connectivity index (χ0v) is 7.49. The highest BCUT2D eigenvalue weighted by Gasteiger charge is 2.01. The van der Waals surface area contributed by atoms with Gasteiger partial charge in [-0.05, 0) is 24.6 Å². The van der Waals surface area contributed by atoms with E-state index in [0.717, 1.165) is 11.2 Å². The van der Waals surface area contributed by atoms with E-state index in [1.165, 1.54) is 0 Å².